The molecule has 0 saturated heterocycles. The fourth-order valence-electron chi connectivity index (χ4n) is 1.81. The van der Waals surface area contributed by atoms with E-state index in [1.807, 2.05) is 24.5 Å². The van der Waals surface area contributed by atoms with Crippen LogP contribution in [0, 0.1) is 13.8 Å². The van der Waals surface area contributed by atoms with Gasteiger partial charge in [0.15, 0.2) is 0 Å². The maximum absolute atomic E-state index is 4.31. The molecule has 84 valence electrons. The van der Waals surface area contributed by atoms with E-state index in [4.69, 9.17) is 0 Å². The number of aromatic nitrogens is 1. The summed E-state index contributed by atoms with van der Waals surface area (Å²) >= 11 is 0. The van der Waals surface area contributed by atoms with Crippen LogP contribution in [0.4, 0.5) is 0 Å². The van der Waals surface area contributed by atoms with Crippen molar-refractivity contribution in [2.45, 2.75) is 19.3 Å². The van der Waals surface area contributed by atoms with Gasteiger partial charge >= 0.3 is 0 Å². The van der Waals surface area contributed by atoms with Gasteiger partial charge in [-0.3, -0.25) is 4.98 Å². The van der Waals surface area contributed by atoms with Crippen LogP contribution in [0.3, 0.4) is 0 Å². The van der Waals surface area contributed by atoms with E-state index < -0.39 is 0 Å². The normalized spacial score (nSPS) is 13.6. The van der Waals surface area contributed by atoms with E-state index in [1.165, 1.54) is 16.7 Å². The van der Waals surface area contributed by atoms with Crippen LogP contribution in [-0.2, 0) is 5.41 Å². The average molecular weight is 477 g/mol. The quantitative estimate of drug-likeness (QED) is 0.604. The van der Waals surface area contributed by atoms with Crippen molar-refractivity contribution < 1.29 is 0 Å². The molecule has 1 unspecified atom stereocenters. The van der Waals surface area contributed by atoms with E-state index in [1.54, 1.807) is 0 Å². The van der Waals surface area contributed by atoms with E-state index in [2.05, 4.69) is 50.0 Å². The van der Waals surface area contributed by atoms with E-state index in [0.29, 0.717) is 0 Å². The zero-order chi connectivity index (χ0) is 11.6. The van der Waals surface area contributed by atoms with Gasteiger partial charge in [0.1, 0.15) is 0 Å². The molecule has 0 fully saturated rings. The summed E-state index contributed by atoms with van der Waals surface area (Å²) in [5.41, 5.74) is 3.47. The van der Waals surface area contributed by atoms with Crippen LogP contribution in [0.2, 0.25) is 0 Å². The van der Waals surface area contributed by atoms with E-state index in [-0.39, 0.29) is 5.41 Å². The third-order valence-electron chi connectivity index (χ3n) is 3.01. The molecule has 0 bridgehead atoms. The molecule has 0 amide bonds. The molecule has 0 aliphatic heterocycles. The number of nitrogens with zero attached hydrogens (tertiary/aromatic N) is 1. The van der Waals surface area contributed by atoms with E-state index in [9.17, 15) is 0 Å². The molecule has 0 aliphatic carbocycles. The first-order valence-electron chi connectivity index (χ1n) is 5.44. The largest absolute Gasteiger partial charge is 0.329 e. The van der Waals surface area contributed by atoms with Crippen molar-refractivity contribution in [3.05, 3.63) is 72.4 Å². The SMILES string of the molecule is [CH2-]C(C)(c1ccncc1)c1ccc(C)cc1.[Rf]. The molecule has 17 heavy (non-hydrogen) atoms. The number of rotatable bonds is 2. The molecule has 2 aromatic rings. The van der Waals surface area contributed by atoms with Crippen molar-refractivity contribution in [2.24, 2.45) is 0 Å². The van der Waals surface area contributed by atoms with Gasteiger partial charge in [-0.2, -0.15) is 0 Å². The number of hydrogen-bond donors (Lipinski definition) is 0. The summed E-state index contributed by atoms with van der Waals surface area (Å²) in [4.78, 5) is 4.04. The molecule has 1 aromatic heterocycles. The minimum atomic E-state index is -0.212. The third-order valence-corrected chi connectivity index (χ3v) is 3.01. The molecular weight excluding hydrogens is 461 g/mol. The standard InChI is InChI=1S/C15H16N.Rf/c1-12-4-6-13(7-5-12)15(2,3)14-8-10-16-11-9-14;/h4-11H,2H2,1,3H3;/q-1;. The zero-order valence-corrected chi connectivity index (χ0v) is 16.9. The number of pyridine rings is 1. The first-order valence-corrected chi connectivity index (χ1v) is 5.44. The summed E-state index contributed by atoms with van der Waals surface area (Å²) in [6.45, 7) is 8.54. The van der Waals surface area contributed by atoms with Gasteiger partial charge in [-0.15, -0.1) is 5.41 Å². The molecule has 2 rings (SSSR count). The molecule has 0 saturated carbocycles. The van der Waals surface area contributed by atoms with Crippen molar-refractivity contribution in [2.75, 3.05) is 0 Å². The molecule has 1 aromatic carbocycles. The van der Waals surface area contributed by atoms with Crippen LogP contribution in [-0.4, -0.2) is 4.98 Å². The monoisotopic (exact) mass is 477 g/mol. The van der Waals surface area contributed by atoms with Gasteiger partial charge in [0.25, 0.3) is 0 Å². The summed E-state index contributed by atoms with van der Waals surface area (Å²) in [6, 6.07) is 12.6. The summed E-state index contributed by atoms with van der Waals surface area (Å²) in [6.07, 6.45) is 3.62. The van der Waals surface area contributed by atoms with E-state index >= 15 is 0 Å². The van der Waals surface area contributed by atoms with Crippen molar-refractivity contribution in [1.29, 1.82) is 0 Å². The topological polar surface area (TPSA) is 12.9 Å². The number of hydrogen-bond acceptors (Lipinski definition) is 1. The molecule has 0 radical (unpaired) electrons. The molecule has 0 spiro atoms. The Bertz CT molecular complexity index is 460. The summed E-state index contributed by atoms with van der Waals surface area (Å²) in [7, 11) is 0. The van der Waals surface area contributed by atoms with E-state index in [0.717, 1.165) is 0 Å². The second-order valence-corrected chi connectivity index (χ2v) is 4.43. The van der Waals surface area contributed by atoms with Crippen molar-refractivity contribution in [1.82, 2.24) is 4.98 Å². The molecule has 0 aliphatic rings. The second kappa shape index (κ2) is 4.48. The fraction of sp³-hybridized carbons (Fsp3) is 0.200. The Morgan fingerprint density at radius 3 is 1.94 bits per heavy atom. The molecule has 0 N–H and O–H groups in total. The summed E-state index contributed by atoms with van der Waals surface area (Å²) < 4.78 is 0. The van der Waals surface area contributed by atoms with Crippen molar-refractivity contribution in [3.63, 3.8) is 0 Å². The molecule has 1 atom stereocenters. The number of aryl methyl sites for hydroxylation is 1. The first-order chi connectivity index (χ1) is 7.60. The maximum Gasteiger partial charge on any atom is 0.0269 e. The summed E-state index contributed by atoms with van der Waals surface area (Å²) in [5, 5.41) is 0. The van der Waals surface area contributed by atoms with Gasteiger partial charge in [-0.05, 0) is 19.1 Å². The Kier molecular flexibility index (Phi) is 3.28. The predicted octanol–water partition coefficient (Wildman–Crippen LogP) is 3.53. The van der Waals surface area contributed by atoms with Crippen LogP contribution in [0.5, 0.6) is 0 Å². The predicted molar refractivity (Wildman–Crippen MR) is 67.2 cm³/mol. The van der Waals surface area contributed by atoms with Gasteiger partial charge in [-0.1, -0.05) is 47.9 Å². The van der Waals surface area contributed by atoms with Gasteiger partial charge in [0.2, 0.25) is 0 Å². The Hall–Kier alpha value is -2.63. The van der Waals surface area contributed by atoms with Crippen LogP contribution < -0.4 is 0 Å². The second-order valence-electron chi connectivity index (χ2n) is 4.43. The van der Waals surface area contributed by atoms with Gasteiger partial charge in [0, 0.05) is 12.4 Å². The Balaban J connectivity index is 0.00000144. The molecule has 2 heteroatoms. The minimum Gasteiger partial charge on any atom is -0.329 e. The smallest absolute Gasteiger partial charge is 0.0269 e. The average Bonchev–Trinajstić information content (AvgIpc) is 2.31. The maximum atomic E-state index is 4.31. The van der Waals surface area contributed by atoms with Gasteiger partial charge < -0.3 is 6.92 Å². The van der Waals surface area contributed by atoms with Crippen LogP contribution >= 0.6 is 0 Å². The zero-order valence-electron chi connectivity index (χ0n) is 10.5. The summed E-state index contributed by atoms with van der Waals surface area (Å²) in [5.74, 6) is 0. The van der Waals surface area contributed by atoms with Crippen LogP contribution in [0.15, 0.2) is 48.8 Å². The fourth-order valence-corrected chi connectivity index (χ4v) is 1.81. The van der Waals surface area contributed by atoms with Crippen LogP contribution in [0.1, 0.15) is 23.6 Å². The third kappa shape index (κ3) is 2.31. The molecule has 1 nitrogen and oxygen atoms in total. The Morgan fingerprint density at radius 2 is 1.41 bits per heavy atom. The Morgan fingerprint density at radius 1 is 0.941 bits per heavy atom. The molecule has 1 heterocycles. The minimum absolute atomic E-state index is 0. The van der Waals surface area contributed by atoms with Gasteiger partial charge in [-0.25, -0.2) is 0 Å². The van der Waals surface area contributed by atoms with Crippen molar-refractivity contribution in [3.8, 4) is 0 Å². The van der Waals surface area contributed by atoms with Crippen LogP contribution in [0.25, 0.3) is 0 Å². The first kappa shape index (κ1) is 12.4. The van der Waals surface area contributed by atoms with Gasteiger partial charge in [0.05, 0.1) is 0 Å². The molecular formula is C15H16NRf-. The Labute approximate surface area is 97.2 Å². The van der Waals surface area contributed by atoms with Crippen molar-refractivity contribution >= 4 is 0 Å². The number of benzene rings is 1.